The van der Waals surface area contributed by atoms with E-state index in [1.807, 2.05) is 37.3 Å². The summed E-state index contributed by atoms with van der Waals surface area (Å²) in [6.07, 6.45) is 0. The lowest BCUT2D eigenvalue weighted by molar-refractivity contribution is -0.684. The van der Waals surface area contributed by atoms with Gasteiger partial charge < -0.3 is 5.11 Å². The third kappa shape index (κ3) is 1.41. The van der Waals surface area contributed by atoms with Gasteiger partial charge in [0.1, 0.15) is 16.3 Å². The van der Waals surface area contributed by atoms with Crippen LogP contribution in [-0.2, 0) is 5.41 Å². The Balaban J connectivity index is 2.45. The third-order valence-electron chi connectivity index (χ3n) is 3.76. The van der Waals surface area contributed by atoms with Gasteiger partial charge in [-0.1, -0.05) is 30.3 Å². The van der Waals surface area contributed by atoms with Crippen molar-refractivity contribution in [1.29, 1.82) is 0 Å². The lowest BCUT2D eigenvalue weighted by Crippen LogP contribution is -2.43. The van der Waals surface area contributed by atoms with Gasteiger partial charge in [-0.3, -0.25) is 0 Å². The predicted molar refractivity (Wildman–Crippen MR) is 60.9 cm³/mol. The van der Waals surface area contributed by atoms with E-state index in [1.54, 1.807) is 12.1 Å². The molecule has 2 rings (SSSR count). The number of aliphatic hydroxyl groups is 1. The molecule has 1 aliphatic rings. The number of likely N-dealkylation sites (N-methyl/N-ethyl adjacent to an activating group) is 1. The highest BCUT2D eigenvalue weighted by molar-refractivity contribution is 5.28. The molecule has 0 spiro atoms. The molecule has 1 aromatic rings. The molecule has 1 heterocycles. The van der Waals surface area contributed by atoms with Gasteiger partial charge in [-0.05, 0) is 12.5 Å². The van der Waals surface area contributed by atoms with Crippen molar-refractivity contribution in [1.82, 2.24) is 5.01 Å². The number of nitrogens with zero attached hydrogens (tertiary/aromatic N) is 2. The van der Waals surface area contributed by atoms with E-state index in [4.69, 9.17) is 0 Å². The second-order valence-corrected chi connectivity index (χ2v) is 4.44. The maximum Gasteiger partial charge on any atom is 0.239 e. The molecule has 1 aliphatic heterocycles. The number of rotatable bonds is 2. The molecule has 2 unspecified atom stereocenters. The van der Waals surface area contributed by atoms with Gasteiger partial charge >= 0.3 is 0 Å². The van der Waals surface area contributed by atoms with E-state index in [2.05, 4.69) is 0 Å². The van der Waals surface area contributed by atoms with Gasteiger partial charge in [-0.25, -0.2) is 0 Å². The van der Waals surface area contributed by atoms with E-state index in [0.29, 0.717) is 6.54 Å². The highest BCUT2D eigenvalue weighted by atomic mass is 16.3. The number of benzene rings is 1. The molecule has 1 saturated heterocycles. The summed E-state index contributed by atoms with van der Waals surface area (Å²) in [6, 6.07) is 9.75. The zero-order valence-corrected chi connectivity index (χ0v) is 9.63. The number of hydrogen-bond acceptors (Lipinski definition) is 2. The largest absolute Gasteiger partial charge is 0.395 e. The summed E-state index contributed by atoms with van der Waals surface area (Å²) in [5.41, 5.74) is 0.549. The van der Waals surface area contributed by atoms with Crippen molar-refractivity contribution in [3.8, 4) is 0 Å². The Kier molecular flexibility index (Phi) is 2.68. The summed E-state index contributed by atoms with van der Waals surface area (Å²) >= 11 is 0. The molecule has 0 aromatic heterocycles. The topological polar surface area (TPSA) is 43.5 Å². The van der Waals surface area contributed by atoms with E-state index < -0.39 is 5.41 Å². The van der Waals surface area contributed by atoms with Crippen LogP contribution in [0.25, 0.3) is 0 Å². The van der Waals surface area contributed by atoms with E-state index in [0.717, 1.165) is 10.4 Å². The fourth-order valence-corrected chi connectivity index (χ4v) is 2.41. The van der Waals surface area contributed by atoms with Gasteiger partial charge in [-0.2, -0.15) is 0 Å². The van der Waals surface area contributed by atoms with Crippen LogP contribution in [-0.4, -0.2) is 41.2 Å². The predicted octanol–water partition coefficient (Wildman–Crippen LogP) is 0.944. The zero-order chi connectivity index (χ0) is 11.8. The van der Waals surface area contributed by atoms with Crippen LogP contribution < -0.4 is 0 Å². The number of nitroso groups, excluding NO2 is 1. The van der Waals surface area contributed by atoms with E-state index in [1.165, 1.54) is 0 Å². The average Bonchev–Trinajstić information content (AvgIpc) is 2.55. The Morgan fingerprint density at radius 3 is 2.56 bits per heavy atom. The van der Waals surface area contributed by atoms with Crippen molar-refractivity contribution in [3.05, 3.63) is 40.8 Å². The third-order valence-corrected chi connectivity index (χ3v) is 3.76. The van der Waals surface area contributed by atoms with Crippen LogP contribution in [0.15, 0.2) is 30.3 Å². The normalized spacial score (nSPS) is 29.8. The summed E-state index contributed by atoms with van der Waals surface area (Å²) in [4.78, 5) is 12.6. The smallest absolute Gasteiger partial charge is 0.239 e. The minimum Gasteiger partial charge on any atom is -0.395 e. The van der Waals surface area contributed by atoms with E-state index >= 15 is 0 Å². The van der Waals surface area contributed by atoms with Crippen molar-refractivity contribution >= 4 is 0 Å². The molecule has 0 radical (unpaired) electrons. The maximum absolute atomic E-state index is 11.7. The lowest BCUT2D eigenvalue weighted by Gasteiger charge is -2.27. The Morgan fingerprint density at radius 1 is 1.50 bits per heavy atom. The molecule has 1 aromatic carbocycles. The highest BCUT2D eigenvalue weighted by Crippen LogP contribution is 2.35. The molecule has 0 bridgehead atoms. The summed E-state index contributed by atoms with van der Waals surface area (Å²) in [5.74, 6) is 0. The quantitative estimate of drug-likeness (QED) is 0.756. The summed E-state index contributed by atoms with van der Waals surface area (Å²) in [7, 11) is 1.76. The minimum atomic E-state index is -0.474. The Hall–Kier alpha value is -1.42. The highest BCUT2D eigenvalue weighted by Gasteiger charge is 2.55. The Morgan fingerprint density at radius 2 is 2.12 bits per heavy atom. The fourth-order valence-electron chi connectivity index (χ4n) is 2.41. The van der Waals surface area contributed by atoms with Crippen LogP contribution in [0.4, 0.5) is 0 Å². The van der Waals surface area contributed by atoms with Gasteiger partial charge in [0.25, 0.3) is 0 Å². The summed E-state index contributed by atoms with van der Waals surface area (Å²) < 4.78 is 0. The Labute approximate surface area is 95.0 Å². The first-order valence-electron chi connectivity index (χ1n) is 5.45. The fraction of sp³-hybridized carbons (Fsp3) is 0.500. The van der Waals surface area contributed by atoms with Gasteiger partial charge in [0.05, 0.1) is 18.6 Å². The SMILES string of the molecule is CC1N(C)[N+](=O)CC1(CO)c1ccccc1. The van der Waals surface area contributed by atoms with Crippen LogP contribution in [0.1, 0.15) is 12.5 Å². The van der Waals surface area contributed by atoms with E-state index in [-0.39, 0.29) is 12.6 Å². The van der Waals surface area contributed by atoms with Gasteiger partial charge in [0.2, 0.25) is 6.54 Å². The monoisotopic (exact) mass is 221 g/mol. The van der Waals surface area contributed by atoms with Crippen LogP contribution in [0, 0.1) is 4.91 Å². The Bertz CT molecular complexity index is 393. The number of aliphatic hydroxyl groups excluding tert-OH is 1. The standard InChI is InChI=1S/C12H17N2O2/c1-10-12(9-15,8-14(16)13(10)2)11-6-4-3-5-7-11/h3-7,10,15H,8-9H2,1-2H3/q+1. The van der Waals surface area contributed by atoms with Crippen LogP contribution in [0.3, 0.4) is 0 Å². The molecule has 4 nitrogen and oxygen atoms in total. The molecule has 0 aliphatic carbocycles. The number of hydrogen-bond donors (Lipinski definition) is 1. The van der Waals surface area contributed by atoms with Crippen LogP contribution in [0.2, 0.25) is 0 Å². The first-order valence-corrected chi connectivity index (χ1v) is 5.45. The average molecular weight is 221 g/mol. The lowest BCUT2D eigenvalue weighted by atomic mass is 9.76. The second kappa shape index (κ2) is 3.87. The van der Waals surface area contributed by atoms with Crippen molar-refractivity contribution in [2.75, 3.05) is 20.2 Å². The maximum atomic E-state index is 11.7. The van der Waals surface area contributed by atoms with Crippen LogP contribution in [0.5, 0.6) is 0 Å². The second-order valence-electron chi connectivity index (χ2n) is 4.44. The first kappa shape index (κ1) is 11.1. The van der Waals surface area contributed by atoms with Crippen molar-refractivity contribution in [2.24, 2.45) is 0 Å². The molecular formula is C12H17N2O2+. The zero-order valence-electron chi connectivity index (χ0n) is 9.63. The first-order chi connectivity index (χ1) is 7.62. The van der Waals surface area contributed by atoms with Crippen molar-refractivity contribution in [2.45, 2.75) is 18.4 Å². The molecule has 0 saturated carbocycles. The molecule has 4 heteroatoms. The minimum absolute atomic E-state index is 0.00241. The van der Waals surface area contributed by atoms with Crippen LogP contribution >= 0.6 is 0 Å². The molecule has 16 heavy (non-hydrogen) atoms. The van der Waals surface area contributed by atoms with Crippen molar-refractivity contribution < 1.29 is 9.98 Å². The summed E-state index contributed by atoms with van der Waals surface area (Å²) in [6.45, 7) is 2.27. The van der Waals surface area contributed by atoms with Gasteiger partial charge in [0.15, 0.2) is 0 Å². The molecule has 0 amide bonds. The molecule has 1 N–H and O–H groups in total. The molecule has 86 valence electrons. The summed E-state index contributed by atoms with van der Waals surface area (Å²) in [5, 5.41) is 11.3. The molecule has 1 fully saturated rings. The van der Waals surface area contributed by atoms with E-state index in [9.17, 15) is 10.0 Å². The molecular weight excluding hydrogens is 204 g/mol. The molecule has 2 atom stereocenters. The van der Waals surface area contributed by atoms with Gasteiger partial charge in [-0.15, -0.1) is 5.01 Å². The van der Waals surface area contributed by atoms with Gasteiger partial charge in [0, 0.05) is 0 Å². The number of hydrazine groups is 1. The van der Waals surface area contributed by atoms with Crippen molar-refractivity contribution in [3.63, 3.8) is 0 Å².